The SMILES string of the molecule is CCOc1ccc(CNC(=O)c2cc3cc4ccc(OC)cc4nc3o2)cc1. The van der Waals surface area contributed by atoms with Crippen molar-refractivity contribution in [2.75, 3.05) is 13.7 Å². The number of hydrogen-bond donors (Lipinski definition) is 1. The molecular formula is C22H20N2O4. The summed E-state index contributed by atoms with van der Waals surface area (Å²) in [5, 5.41) is 4.60. The van der Waals surface area contributed by atoms with Gasteiger partial charge in [-0.05, 0) is 48.9 Å². The van der Waals surface area contributed by atoms with E-state index in [2.05, 4.69) is 10.3 Å². The summed E-state index contributed by atoms with van der Waals surface area (Å²) in [6.45, 7) is 2.96. The summed E-state index contributed by atoms with van der Waals surface area (Å²) in [6.07, 6.45) is 0. The molecule has 0 aliphatic heterocycles. The summed E-state index contributed by atoms with van der Waals surface area (Å²) >= 11 is 0. The highest BCUT2D eigenvalue weighted by Crippen LogP contribution is 2.25. The molecule has 0 saturated heterocycles. The molecule has 4 rings (SSSR count). The number of amides is 1. The fourth-order valence-electron chi connectivity index (χ4n) is 2.98. The number of rotatable bonds is 6. The number of carbonyl (C=O) groups excluding carboxylic acids is 1. The van der Waals surface area contributed by atoms with E-state index in [1.807, 2.05) is 55.5 Å². The fourth-order valence-corrected chi connectivity index (χ4v) is 2.98. The molecule has 0 unspecified atom stereocenters. The van der Waals surface area contributed by atoms with Gasteiger partial charge in [0.05, 0.1) is 19.2 Å². The van der Waals surface area contributed by atoms with Crippen molar-refractivity contribution in [3.63, 3.8) is 0 Å². The van der Waals surface area contributed by atoms with Gasteiger partial charge in [-0.3, -0.25) is 4.79 Å². The Balaban J connectivity index is 1.51. The molecule has 0 aliphatic rings. The minimum Gasteiger partial charge on any atom is -0.497 e. The molecule has 0 spiro atoms. The number of pyridine rings is 1. The molecule has 6 nitrogen and oxygen atoms in total. The Kier molecular flexibility index (Phi) is 4.85. The number of hydrogen-bond acceptors (Lipinski definition) is 5. The topological polar surface area (TPSA) is 73.6 Å². The van der Waals surface area contributed by atoms with Gasteiger partial charge in [0.2, 0.25) is 5.71 Å². The molecule has 0 aliphatic carbocycles. The van der Waals surface area contributed by atoms with E-state index in [0.717, 1.165) is 33.4 Å². The zero-order valence-electron chi connectivity index (χ0n) is 15.7. The summed E-state index contributed by atoms with van der Waals surface area (Å²) in [5.74, 6) is 1.48. The van der Waals surface area contributed by atoms with E-state index in [1.165, 1.54) is 0 Å². The normalized spacial score (nSPS) is 10.9. The number of nitrogens with one attached hydrogen (secondary N) is 1. The molecular weight excluding hydrogens is 356 g/mol. The Morgan fingerprint density at radius 3 is 2.57 bits per heavy atom. The first-order chi connectivity index (χ1) is 13.7. The minimum atomic E-state index is -0.284. The number of carbonyl (C=O) groups is 1. The smallest absolute Gasteiger partial charge is 0.287 e. The first-order valence-corrected chi connectivity index (χ1v) is 9.04. The lowest BCUT2D eigenvalue weighted by Crippen LogP contribution is -2.22. The van der Waals surface area contributed by atoms with Crippen molar-refractivity contribution < 1.29 is 18.7 Å². The van der Waals surface area contributed by atoms with E-state index >= 15 is 0 Å². The van der Waals surface area contributed by atoms with Crippen LogP contribution in [0.1, 0.15) is 23.0 Å². The van der Waals surface area contributed by atoms with E-state index < -0.39 is 0 Å². The molecule has 0 saturated carbocycles. The highest BCUT2D eigenvalue weighted by molar-refractivity contribution is 5.98. The molecule has 2 aromatic carbocycles. The second-order valence-corrected chi connectivity index (χ2v) is 6.31. The van der Waals surface area contributed by atoms with E-state index in [9.17, 15) is 4.79 Å². The van der Waals surface area contributed by atoms with Gasteiger partial charge < -0.3 is 19.2 Å². The van der Waals surface area contributed by atoms with Crippen LogP contribution in [0.2, 0.25) is 0 Å². The van der Waals surface area contributed by atoms with Crippen LogP contribution in [0.5, 0.6) is 11.5 Å². The summed E-state index contributed by atoms with van der Waals surface area (Å²) < 4.78 is 16.3. The molecule has 1 amide bonds. The summed E-state index contributed by atoms with van der Waals surface area (Å²) in [5.41, 5.74) is 2.15. The van der Waals surface area contributed by atoms with Crippen molar-refractivity contribution >= 4 is 27.9 Å². The van der Waals surface area contributed by atoms with Crippen LogP contribution in [0, 0.1) is 0 Å². The Morgan fingerprint density at radius 2 is 1.82 bits per heavy atom. The maximum absolute atomic E-state index is 12.5. The maximum Gasteiger partial charge on any atom is 0.287 e. The second-order valence-electron chi connectivity index (χ2n) is 6.31. The molecule has 2 heterocycles. The Hall–Kier alpha value is -3.54. The lowest BCUT2D eigenvalue weighted by Gasteiger charge is -2.06. The predicted octanol–water partition coefficient (Wildman–Crippen LogP) is 4.32. The lowest BCUT2D eigenvalue weighted by atomic mass is 10.2. The Bertz CT molecular complexity index is 1130. The van der Waals surface area contributed by atoms with Crippen molar-refractivity contribution in [3.8, 4) is 11.5 Å². The molecule has 28 heavy (non-hydrogen) atoms. The third kappa shape index (κ3) is 3.62. The van der Waals surface area contributed by atoms with Gasteiger partial charge >= 0.3 is 0 Å². The van der Waals surface area contributed by atoms with E-state index in [-0.39, 0.29) is 11.7 Å². The molecule has 1 N–H and O–H groups in total. The van der Waals surface area contributed by atoms with E-state index in [4.69, 9.17) is 13.9 Å². The van der Waals surface area contributed by atoms with Gasteiger partial charge in [0, 0.05) is 23.4 Å². The number of methoxy groups -OCH3 is 1. The number of nitrogens with zero attached hydrogens (tertiary/aromatic N) is 1. The van der Waals surface area contributed by atoms with Crippen molar-refractivity contribution in [3.05, 3.63) is 65.9 Å². The van der Waals surface area contributed by atoms with Gasteiger partial charge in [0.1, 0.15) is 11.5 Å². The molecule has 4 aromatic rings. The van der Waals surface area contributed by atoms with Gasteiger partial charge in [0.25, 0.3) is 5.91 Å². The summed E-state index contributed by atoms with van der Waals surface area (Å²) in [7, 11) is 1.61. The molecule has 0 radical (unpaired) electrons. The third-order valence-electron chi connectivity index (χ3n) is 4.42. The fraction of sp³-hybridized carbons (Fsp3) is 0.182. The van der Waals surface area contributed by atoms with Crippen molar-refractivity contribution in [2.45, 2.75) is 13.5 Å². The average Bonchev–Trinajstić information content (AvgIpc) is 3.14. The summed E-state index contributed by atoms with van der Waals surface area (Å²) in [6, 6.07) is 16.9. The minimum absolute atomic E-state index is 0.232. The number of aromatic nitrogens is 1. The Labute approximate surface area is 162 Å². The quantitative estimate of drug-likeness (QED) is 0.543. The van der Waals surface area contributed by atoms with E-state index in [0.29, 0.717) is 18.9 Å². The highest BCUT2D eigenvalue weighted by Gasteiger charge is 2.14. The van der Waals surface area contributed by atoms with Crippen LogP contribution in [0.3, 0.4) is 0 Å². The van der Waals surface area contributed by atoms with Crippen LogP contribution in [-0.4, -0.2) is 24.6 Å². The van der Waals surface area contributed by atoms with Gasteiger partial charge in [-0.2, -0.15) is 0 Å². The zero-order valence-corrected chi connectivity index (χ0v) is 15.7. The van der Waals surface area contributed by atoms with Gasteiger partial charge in [-0.1, -0.05) is 12.1 Å². The molecule has 0 fully saturated rings. The van der Waals surface area contributed by atoms with Crippen LogP contribution in [0.25, 0.3) is 22.0 Å². The number of ether oxygens (including phenoxy) is 2. The molecule has 0 atom stereocenters. The first-order valence-electron chi connectivity index (χ1n) is 9.04. The van der Waals surface area contributed by atoms with E-state index in [1.54, 1.807) is 13.2 Å². The van der Waals surface area contributed by atoms with Gasteiger partial charge in [-0.25, -0.2) is 4.98 Å². The molecule has 142 valence electrons. The van der Waals surface area contributed by atoms with Crippen LogP contribution in [0.15, 0.2) is 59.0 Å². The van der Waals surface area contributed by atoms with Crippen molar-refractivity contribution in [1.82, 2.24) is 10.3 Å². The van der Waals surface area contributed by atoms with Crippen LogP contribution < -0.4 is 14.8 Å². The monoisotopic (exact) mass is 376 g/mol. The Morgan fingerprint density at radius 1 is 1.04 bits per heavy atom. The number of fused-ring (bicyclic) bond motifs is 2. The number of furan rings is 1. The molecule has 0 bridgehead atoms. The third-order valence-corrected chi connectivity index (χ3v) is 4.42. The zero-order chi connectivity index (χ0) is 19.5. The molecule has 6 heteroatoms. The highest BCUT2D eigenvalue weighted by atomic mass is 16.5. The standard InChI is InChI=1S/C22H20N2O4/c1-3-27-17-7-4-14(5-8-17)13-23-21(25)20-11-16-10-15-6-9-18(26-2)12-19(15)24-22(16)28-20/h4-12H,3,13H2,1-2H3,(H,23,25). The number of benzene rings is 2. The van der Waals surface area contributed by atoms with Crippen LogP contribution in [-0.2, 0) is 6.54 Å². The van der Waals surface area contributed by atoms with Crippen molar-refractivity contribution in [1.29, 1.82) is 0 Å². The maximum atomic E-state index is 12.5. The summed E-state index contributed by atoms with van der Waals surface area (Å²) in [4.78, 5) is 17.0. The first kappa shape index (κ1) is 17.9. The van der Waals surface area contributed by atoms with Crippen LogP contribution in [0.4, 0.5) is 0 Å². The lowest BCUT2D eigenvalue weighted by molar-refractivity contribution is 0.0925. The van der Waals surface area contributed by atoms with Gasteiger partial charge in [-0.15, -0.1) is 0 Å². The molecule has 2 aromatic heterocycles. The second kappa shape index (κ2) is 7.60. The van der Waals surface area contributed by atoms with Crippen LogP contribution >= 0.6 is 0 Å². The average molecular weight is 376 g/mol. The van der Waals surface area contributed by atoms with Crippen molar-refractivity contribution in [2.24, 2.45) is 0 Å². The van der Waals surface area contributed by atoms with Gasteiger partial charge in [0.15, 0.2) is 5.76 Å². The predicted molar refractivity (Wildman–Crippen MR) is 107 cm³/mol. The largest absolute Gasteiger partial charge is 0.497 e.